The van der Waals surface area contributed by atoms with Crippen LogP contribution in [-0.2, 0) is 28.6 Å². The number of hydrogen-bond donors (Lipinski definition) is 0. The molecule has 0 bridgehead atoms. The minimum atomic E-state index is -0.785. The summed E-state index contributed by atoms with van der Waals surface area (Å²) in [6.07, 6.45) is 72.1. The van der Waals surface area contributed by atoms with E-state index < -0.39 is 6.10 Å². The summed E-state index contributed by atoms with van der Waals surface area (Å²) in [5.41, 5.74) is 0. The van der Waals surface area contributed by atoms with Crippen molar-refractivity contribution in [3.05, 3.63) is 60.8 Å². The van der Waals surface area contributed by atoms with E-state index in [9.17, 15) is 14.4 Å². The highest BCUT2D eigenvalue weighted by Crippen LogP contribution is 2.17. The predicted octanol–water partition coefficient (Wildman–Crippen LogP) is 20.0. The van der Waals surface area contributed by atoms with Gasteiger partial charge in [0, 0.05) is 19.3 Å². The van der Waals surface area contributed by atoms with Crippen LogP contribution in [-0.4, -0.2) is 37.2 Å². The van der Waals surface area contributed by atoms with Crippen LogP contribution in [0.5, 0.6) is 0 Å². The Balaban J connectivity index is 4.40. The Kier molecular flexibility index (Phi) is 55.3. The summed E-state index contributed by atoms with van der Waals surface area (Å²) < 4.78 is 16.9. The molecular formula is C63H112O6. The Morgan fingerprint density at radius 1 is 0.304 bits per heavy atom. The molecule has 0 amide bonds. The van der Waals surface area contributed by atoms with Crippen LogP contribution < -0.4 is 0 Å². The topological polar surface area (TPSA) is 78.9 Å². The van der Waals surface area contributed by atoms with Crippen molar-refractivity contribution < 1.29 is 28.6 Å². The van der Waals surface area contributed by atoms with Gasteiger partial charge in [0.1, 0.15) is 13.2 Å². The van der Waals surface area contributed by atoms with E-state index in [-0.39, 0.29) is 31.1 Å². The van der Waals surface area contributed by atoms with E-state index in [1.165, 1.54) is 167 Å². The molecule has 0 heterocycles. The average Bonchev–Trinajstić information content (AvgIpc) is 3.35. The van der Waals surface area contributed by atoms with Crippen LogP contribution in [0.2, 0.25) is 0 Å². The summed E-state index contributed by atoms with van der Waals surface area (Å²) >= 11 is 0. The largest absolute Gasteiger partial charge is 0.462 e. The first-order valence-electron chi connectivity index (χ1n) is 29.8. The van der Waals surface area contributed by atoms with Crippen LogP contribution in [0.4, 0.5) is 0 Å². The lowest BCUT2D eigenvalue weighted by atomic mass is 10.0. The van der Waals surface area contributed by atoms with Crippen molar-refractivity contribution in [3.63, 3.8) is 0 Å². The van der Waals surface area contributed by atoms with E-state index in [4.69, 9.17) is 14.2 Å². The van der Waals surface area contributed by atoms with Crippen molar-refractivity contribution in [3.8, 4) is 0 Å². The highest BCUT2D eigenvalue weighted by molar-refractivity contribution is 5.71. The van der Waals surface area contributed by atoms with Crippen LogP contribution in [0, 0.1) is 0 Å². The third-order valence-corrected chi connectivity index (χ3v) is 13.0. The van der Waals surface area contributed by atoms with Crippen LogP contribution in [0.3, 0.4) is 0 Å². The molecule has 0 N–H and O–H groups in total. The van der Waals surface area contributed by atoms with Crippen molar-refractivity contribution in [1.82, 2.24) is 0 Å². The van der Waals surface area contributed by atoms with Gasteiger partial charge in [-0.25, -0.2) is 0 Å². The number of rotatable bonds is 54. The fourth-order valence-electron chi connectivity index (χ4n) is 8.59. The lowest BCUT2D eigenvalue weighted by Gasteiger charge is -2.18. The van der Waals surface area contributed by atoms with Crippen molar-refractivity contribution >= 4 is 17.9 Å². The van der Waals surface area contributed by atoms with E-state index in [0.717, 1.165) is 96.3 Å². The molecule has 6 heteroatoms. The molecule has 69 heavy (non-hydrogen) atoms. The van der Waals surface area contributed by atoms with Crippen molar-refractivity contribution in [1.29, 1.82) is 0 Å². The summed E-state index contributed by atoms with van der Waals surface area (Å²) in [5, 5.41) is 0. The molecule has 0 unspecified atom stereocenters. The number of unbranched alkanes of at least 4 members (excludes halogenated alkanes) is 33. The highest BCUT2D eigenvalue weighted by atomic mass is 16.6. The molecule has 0 aromatic rings. The number of esters is 3. The molecule has 0 aliphatic carbocycles. The summed E-state index contributed by atoms with van der Waals surface area (Å²) in [6, 6.07) is 0. The maximum atomic E-state index is 12.9. The van der Waals surface area contributed by atoms with E-state index in [2.05, 4.69) is 81.5 Å². The van der Waals surface area contributed by atoms with Gasteiger partial charge in [-0.3, -0.25) is 14.4 Å². The molecule has 0 rings (SSSR count). The lowest BCUT2D eigenvalue weighted by molar-refractivity contribution is -0.167. The van der Waals surface area contributed by atoms with Gasteiger partial charge in [-0.1, -0.05) is 281 Å². The fraction of sp³-hybridized carbons (Fsp3) is 0.794. The van der Waals surface area contributed by atoms with Gasteiger partial charge in [-0.15, -0.1) is 0 Å². The van der Waals surface area contributed by atoms with Gasteiger partial charge in [-0.05, 0) is 64.2 Å². The number of ether oxygens (including phenoxy) is 3. The van der Waals surface area contributed by atoms with Crippen molar-refractivity contribution in [2.45, 2.75) is 309 Å². The second-order valence-corrected chi connectivity index (χ2v) is 19.9. The average molecular weight is 966 g/mol. The molecule has 400 valence electrons. The SMILES string of the molecule is CC/C=C\C/C=C\C/C=C\C/C=C\C/C=C\CCCCCC(=O)OC[C@H](COC(=O)CCCCCCCCCCCCCCCCCCC)OC(=O)CCCCCCCCCCCCCCCCC. The molecule has 0 fully saturated rings. The molecule has 0 saturated carbocycles. The standard InChI is InChI=1S/C63H112O6/c1-4-7-10-13-16-19-22-25-28-30-31-33-36-38-41-44-47-50-53-56-62(65)68-59-60(69-63(66)57-54-51-48-45-42-39-34-27-24-21-18-15-12-9-6-3)58-67-61(64)55-52-49-46-43-40-37-35-32-29-26-23-20-17-14-11-8-5-2/h7,10,16,19,25,28,31,33,38,41,60H,4-6,8-9,11-15,17-18,20-24,26-27,29-30,32,34-37,39-40,42-59H2,1-3H3/b10-7-,19-16-,28-25-,33-31-,41-38-/t60-/m0/s1. The minimum Gasteiger partial charge on any atom is -0.462 e. The molecule has 0 spiro atoms. The third-order valence-electron chi connectivity index (χ3n) is 13.0. The third kappa shape index (κ3) is 55.9. The van der Waals surface area contributed by atoms with E-state index in [0.29, 0.717) is 19.3 Å². The van der Waals surface area contributed by atoms with Gasteiger partial charge >= 0.3 is 17.9 Å². The maximum Gasteiger partial charge on any atom is 0.306 e. The molecule has 0 aliphatic rings. The van der Waals surface area contributed by atoms with Gasteiger partial charge in [-0.2, -0.15) is 0 Å². The number of allylic oxidation sites excluding steroid dienone is 10. The monoisotopic (exact) mass is 965 g/mol. The quantitative estimate of drug-likeness (QED) is 0.0262. The molecule has 0 radical (unpaired) electrons. The zero-order valence-electron chi connectivity index (χ0n) is 45.8. The molecule has 0 aromatic heterocycles. The second kappa shape index (κ2) is 57.7. The smallest absolute Gasteiger partial charge is 0.306 e. The first kappa shape index (κ1) is 66.1. The Morgan fingerprint density at radius 2 is 0.565 bits per heavy atom. The number of carbonyl (C=O) groups excluding carboxylic acids is 3. The first-order valence-corrected chi connectivity index (χ1v) is 29.8. The number of hydrogen-bond acceptors (Lipinski definition) is 6. The summed E-state index contributed by atoms with van der Waals surface area (Å²) in [7, 11) is 0. The number of carbonyl (C=O) groups is 3. The Labute approximate surface area is 428 Å². The Bertz CT molecular complexity index is 1250. The maximum absolute atomic E-state index is 12.9. The summed E-state index contributed by atoms with van der Waals surface area (Å²) in [5.74, 6) is -0.897. The molecule has 6 nitrogen and oxygen atoms in total. The zero-order valence-corrected chi connectivity index (χ0v) is 45.8. The van der Waals surface area contributed by atoms with Crippen molar-refractivity contribution in [2.24, 2.45) is 0 Å². The van der Waals surface area contributed by atoms with Crippen LogP contribution in [0.15, 0.2) is 60.8 Å². The van der Waals surface area contributed by atoms with Gasteiger partial charge in [0.15, 0.2) is 6.10 Å². The van der Waals surface area contributed by atoms with Crippen LogP contribution in [0.1, 0.15) is 303 Å². The second-order valence-electron chi connectivity index (χ2n) is 19.9. The van der Waals surface area contributed by atoms with E-state index >= 15 is 0 Å². The lowest BCUT2D eigenvalue weighted by Crippen LogP contribution is -2.30. The Morgan fingerprint density at radius 3 is 0.884 bits per heavy atom. The molecular weight excluding hydrogens is 853 g/mol. The molecule has 0 aliphatic heterocycles. The van der Waals surface area contributed by atoms with E-state index in [1.807, 2.05) is 0 Å². The van der Waals surface area contributed by atoms with E-state index in [1.54, 1.807) is 0 Å². The molecule has 1 atom stereocenters. The highest BCUT2D eigenvalue weighted by Gasteiger charge is 2.19. The fourth-order valence-corrected chi connectivity index (χ4v) is 8.59. The van der Waals surface area contributed by atoms with Gasteiger partial charge in [0.25, 0.3) is 0 Å². The minimum absolute atomic E-state index is 0.0804. The predicted molar refractivity (Wildman–Crippen MR) is 298 cm³/mol. The van der Waals surface area contributed by atoms with Crippen LogP contribution in [0.25, 0.3) is 0 Å². The van der Waals surface area contributed by atoms with Gasteiger partial charge in [0.2, 0.25) is 0 Å². The summed E-state index contributed by atoms with van der Waals surface area (Å²) in [6.45, 7) is 6.54. The van der Waals surface area contributed by atoms with Gasteiger partial charge < -0.3 is 14.2 Å². The van der Waals surface area contributed by atoms with Crippen LogP contribution >= 0.6 is 0 Å². The molecule has 0 saturated heterocycles. The first-order chi connectivity index (χ1) is 34.0. The Hall–Kier alpha value is -2.89. The van der Waals surface area contributed by atoms with Gasteiger partial charge in [0.05, 0.1) is 0 Å². The summed E-state index contributed by atoms with van der Waals surface area (Å²) in [4.78, 5) is 38.2. The zero-order chi connectivity index (χ0) is 50.0. The molecule has 0 aromatic carbocycles. The van der Waals surface area contributed by atoms with Crippen molar-refractivity contribution in [2.75, 3.05) is 13.2 Å². The normalized spacial score (nSPS) is 12.4.